The summed E-state index contributed by atoms with van der Waals surface area (Å²) in [5.74, 6) is -0.450. The van der Waals surface area contributed by atoms with Crippen molar-refractivity contribution < 1.29 is 4.79 Å². The number of fused-ring (bicyclic) bond motifs is 2. The van der Waals surface area contributed by atoms with E-state index in [4.69, 9.17) is 0 Å². The first-order valence-electron chi connectivity index (χ1n) is 8.64. The summed E-state index contributed by atoms with van der Waals surface area (Å²) in [5.41, 5.74) is 1.43. The van der Waals surface area contributed by atoms with Crippen molar-refractivity contribution in [2.75, 3.05) is 5.32 Å². The summed E-state index contributed by atoms with van der Waals surface area (Å²) in [7, 11) is 0. The molecule has 136 valence electrons. The van der Waals surface area contributed by atoms with Gasteiger partial charge in [0, 0.05) is 27.6 Å². The minimum absolute atomic E-state index is 0.0413. The van der Waals surface area contributed by atoms with Crippen molar-refractivity contribution in [2.24, 2.45) is 0 Å². The van der Waals surface area contributed by atoms with Crippen molar-refractivity contribution in [2.45, 2.75) is 51.9 Å². The third kappa shape index (κ3) is 2.97. The van der Waals surface area contributed by atoms with Crippen LogP contribution in [0.2, 0.25) is 0 Å². The third-order valence-electron chi connectivity index (χ3n) is 4.52. The van der Waals surface area contributed by atoms with Crippen LogP contribution in [0.25, 0.3) is 4.96 Å². The number of amides is 1. The monoisotopic (exact) mass is 388 g/mol. The number of carbonyl (C=O) groups is 1. The molecule has 6 nitrogen and oxygen atoms in total. The van der Waals surface area contributed by atoms with Gasteiger partial charge >= 0.3 is 0 Å². The summed E-state index contributed by atoms with van der Waals surface area (Å²) < 4.78 is 1.55. The van der Waals surface area contributed by atoms with E-state index in [9.17, 15) is 9.59 Å². The number of anilines is 1. The molecule has 3 aromatic heterocycles. The summed E-state index contributed by atoms with van der Waals surface area (Å²) >= 11 is 2.91. The zero-order chi connectivity index (χ0) is 18.5. The molecule has 0 aliphatic heterocycles. The summed E-state index contributed by atoms with van der Waals surface area (Å²) in [5, 5.41) is 5.28. The number of nitrogens with one attached hydrogen (secondary N) is 1. The zero-order valence-corrected chi connectivity index (χ0v) is 16.6. The van der Waals surface area contributed by atoms with Crippen LogP contribution in [0.1, 0.15) is 60.2 Å². The molecule has 3 heterocycles. The van der Waals surface area contributed by atoms with E-state index in [1.807, 2.05) is 26.2 Å². The molecule has 0 saturated carbocycles. The molecule has 4 rings (SSSR count). The van der Waals surface area contributed by atoms with Crippen molar-refractivity contribution in [1.82, 2.24) is 14.4 Å². The minimum Gasteiger partial charge on any atom is -0.298 e. The van der Waals surface area contributed by atoms with Gasteiger partial charge in [0.05, 0.1) is 5.69 Å². The molecule has 8 heteroatoms. The highest BCUT2D eigenvalue weighted by Gasteiger charge is 2.24. The fraction of sp³-hybridized carbons (Fsp3) is 0.444. The normalized spacial score (nSPS) is 14.4. The van der Waals surface area contributed by atoms with Crippen LogP contribution in [-0.2, 0) is 18.3 Å². The van der Waals surface area contributed by atoms with Crippen LogP contribution >= 0.6 is 22.7 Å². The van der Waals surface area contributed by atoms with Crippen LogP contribution in [0.5, 0.6) is 0 Å². The largest absolute Gasteiger partial charge is 0.298 e. The van der Waals surface area contributed by atoms with Crippen LogP contribution < -0.4 is 10.9 Å². The number of nitrogens with zero attached hydrogens (tertiary/aromatic N) is 3. The molecule has 0 bridgehead atoms. The van der Waals surface area contributed by atoms with Crippen molar-refractivity contribution in [3.05, 3.63) is 43.8 Å². The lowest BCUT2D eigenvalue weighted by Crippen LogP contribution is -2.29. The number of rotatable bonds is 2. The van der Waals surface area contributed by atoms with Crippen LogP contribution in [0, 0.1) is 0 Å². The highest BCUT2D eigenvalue weighted by molar-refractivity contribution is 7.16. The second kappa shape index (κ2) is 6.28. The number of carbonyl (C=O) groups excluding carboxylic acids is 1. The lowest BCUT2D eigenvalue weighted by atomic mass is 9.93. The molecule has 3 aromatic rings. The summed E-state index contributed by atoms with van der Waals surface area (Å²) in [6.45, 7) is 6.11. The molecule has 1 aliphatic carbocycles. The molecular weight excluding hydrogens is 368 g/mol. The van der Waals surface area contributed by atoms with Crippen LogP contribution in [0.15, 0.2) is 16.4 Å². The summed E-state index contributed by atoms with van der Waals surface area (Å²) in [6, 6.07) is 0. The topological polar surface area (TPSA) is 76.4 Å². The summed E-state index contributed by atoms with van der Waals surface area (Å²) in [4.78, 5) is 36.3. The molecular formula is C18H20N4O2S2. The number of hydrogen-bond donors (Lipinski definition) is 1. The van der Waals surface area contributed by atoms with Gasteiger partial charge in [-0.1, -0.05) is 20.8 Å². The second-order valence-corrected chi connectivity index (χ2v) is 9.44. The predicted octanol–water partition coefficient (Wildman–Crippen LogP) is 3.64. The van der Waals surface area contributed by atoms with E-state index in [1.165, 1.54) is 33.7 Å². The van der Waals surface area contributed by atoms with Gasteiger partial charge in [-0.3, -0.25) is 19.3 Å². The smallest absolute Gasteiger partial charge is 0.271 e. The fourth-order valence-corrected chi connectivity index (χ4v) is 5.26. The standard InChI is InChI=1S/C18H20N4O2S2/c1-18(2,3)13-9-25-17-19-8-10(15(24)22(13)17)14(23)21-16-20-11-6-4-5-7-12(11)26-16/h8-9H,4-7H2,1-3H3,(H,20,21,23). The molecule has 0 saturated heterocycles. The Labute approximate surface area is 158 Å². The molecule has 1 aliphatic rings. The maximum atomic E-state index is 12.9. The molecule has 1 N–H and O–H groups in total. The van der Waals surface area contributed by atoms with Gasteiger partial charge in [-0.15, -0.1) is 22.7 Å². The lowest BCUT2D eigenvalue weighted by Gasteiger charge is -2.17. The van der Waals surface area contributed by atoms with E-state index in [0.29, 0.717) is 10.1 Å². The Morgan fingerprint density at radius 1 is 1.27 bits per heavy atom. The number of aryl methyl sites for hydroxylation is 2. The van der Waals surface area contributed by atoms with Gasteiger partial charge < -0.3 is 0 Å². The molecule has 0 radical (unpaired) electrons. The number of thiazole rings is 2. The molecule has 0 unspecified atom stereocenters. The maximum absolute atomic E-state index is 12.9. The maximum Gasteiger partial charge on any atom is 0.271 e. The molecule has 0 aromatic carbocycles. The SMILES string of the molecule is CC(C)(C)c1csc2ncc(C(=O)Nc3nc4c(s3)CCCC4)c(=O)n12. The highest BCUT2D eigenvalue weighted by atomic mass is 32.1. The van der Waals surface area contributed by atoms with Gasteiger partial charge in [0.25, 0.3) is 11.5 Å². The third-order valence-corrected chi connectivity index (χ3v) is 6.44. The van der Waals surface area contributed by atoms with Crippen molar-refractivity contribution in [1.29, 1.82) is 0 Å². The first-order chi connectivity index (χ1) is 12.3. The van der Waals surface area contributed by atoms with Gasteiger partial charge in [0.15, 0.2) is 10.1 Å². The Morgan fingerprint density at radius 3 is 2.77 bits per heavy atom. The molecule has 1 amide bonds. The second-order valence-electron chi connectivity index (χ2n) is 7.52. The van der Waals surface area contributed by atoms with E-state index >= 15 is 0 Å². The fourth-order valence-electron chi connectivity index (χ4n) is 3.13. The van der Waals surface area contributed by atoms with E-state index in [2.05, 4.69) is 15.3 Å². The van der Waals surface area contributed by atoms with Crippen molar-refractivity contribution in [3.8, 4) is 0 Å². The van der Waals surface area contributed by atoms with Gasteiger partial charge in [0.2, 0.25) is 0 Å². The van der Waals surface area contributed by atoms with Crippen molar-refractivity contribution in [3.63, 3.8) is 0 Å². The quantitative estimate of drug-likeness (QED) is 0.727. The van der Waals surface area contributed by atoms with Gasteiger partial charge in [0.1, 0.15) is 5.56 Å². The Bertz CT molecular complexity index is 1030. The molecule has 0 spiro atoms. The van der Waals surface area contributed by atoms with Gasteiger partial charge in [-0.25, -0.2) is 9.97 Å². The van der Waals surface area contributed by atoms with E-state index in [-0.39, 0.29) is 16.5 Å². The average molecular weight is 389 g/mol. The molecule has 26 heavy (non-hydrogen) atoms. The van der Waals surface area contributed by atoms with Gasteiger partial charge in [-0.2, -0.15) is 0 Å². The molecule has 0 atom stereocenters. The molecule has 0 fully saturated rings. The summed E-state index contributed by atoms with van der Waals surface area (Å²) in [6.07, 6.45) is 5.64. The van der Waals surface area contributed by atoms with Crippen LogP contribution in [0.3, 0.4) is 0 Å². The zero-order valence-electron chi connectivity index (χ0n) is 15.0. The average Bonchev–Trinajstić information content (AvgIpc) is 3.18. The van der Waals surface area contributed by atoms with Crippen molar-refractivity contribution >= 4 is 38.7 Å². The Hall–Kier alpha value is -2.06. The Kier molecular flexibility index (Phi) is 4.19. The number of hydrogen-bond acceptors (Lipinski definition) is 6. The minimum atomic E-state index is -0.450. The first kappa shape index (κ1) is 17.4. The van der Waals surface area contributed by atoms with Crippen LogP contribution in [-0.4, -0.2) is 20.3 Å². The Morgan fingerprint density at radius 2 is 2.04 bits per heavy atom. The number of aromatic nitrogens is 3. The van der Waals surface area contributed by atoms with E-state index in [0.717, 1.165) is 37.1 Å². The van der Waals surface area contributed by atoms with E-state index < -0.39 is 5.91 Å². The lowest BCUT2D eigenvalue weighted by molar-refractivity contribution is 0.102. The highest BCUT2D eigenvalue weighted by Crippen LogP contribution is 2.30. The predicted molar refractivity (Wildman–Crippen MR) is 105 cm³/mol. The van der Waals surface area contributed by atoms with Gasteiger partial charge in [-0.05, 0) is 25.7 Å². The first-order valence-corrected chi connectivity index (χ1v) is 10.3. The Balaban J connectivity index is 1.70. The van der Waals surface area contributed by atoms with E-state index in [1.54, 1.807) is 4.40 Å². The van der Waals surface area contributed by atoms with Crippen LogP contribution in [0.4, 0.5) is 5.13 Å².